The van der Waals surface area contributed by atoms with Crippen molar-refractivity contribution in [3.8, 4) is 0 Å². The second-order valence-corrected chi connectivity index (χ2v) is 7.30. The number of nitrogens with one attached hydrogen (secondary N) is 3. The molecule has 0 atom stereocenters. The maximum atomic E-state index is 12.6. The first-order chi connectivity index (χ1) is 12.8. The van der Waals surface area contributed by atoms with E-state index in [4.69, 9.17) is 0 Å². The summed E-state index contributed by atoms with van der Waals surface area (Å²) in [7, 11) is 0. The molecule has 2 aliphatic rings. The Morgan fingerprint density at radius 3 is 2.54 bits per heavy atom. The second kappa shape index (κ2) is 8.16. The van der Waals surface area contributed by atoms with Crippen LogP contribution < -0.4 is 10.6 Å². The van der Waals surface area contributed by atoms with Crippen molar-refractivity contribution < 1.29 is 4.79 Å². The van der Waals surface area contributed by atoms with Crippen molar-refractivity contribution in [3.05, 3.63) is 30.0 Å². The van der Waals surface area contributed by atoms with E-state index < -0.39 is 0 Å². The molecule has 0 spiro atoms. The molecule has 1 aromatic heterocycles. The summed E-state index contributed by atoms with van der Waals surface area (Å²) in [5.74, 6) is -0.0679. The van der Waals surface area contributed by atoms with Crippen LogP contribution in [-0.4, -0.2) is 84.3 Å². The highest BCUT2D eigenvalue weighted by molar-refractivity contribution is 6.04. The quantitative estimate of drug-likeness (QED) is 0.734. The molecule has 2 aliphatic heterocycles. The highest BCUT2D eigenvalue weighted by Crippen LogP contribution is 2.16. The topological polar surface area (TPSA) is 76.3 Å². The number of aromatic amines is 1. The molecule has 2 fully saturated rings. The smallest absolute Gasteiger partial charge is 0.272 e. The molecule has 140 valence electrons. The van der Waals surface area contributed by atoms with E-state index in [0.717, 1.165) is 76.1 Å². The first-order valence-corrected chi connectivity index (χ1v) is 9.69. The summed E-state index contributed by atoms with van der Waals surface area (Å²) in [6, 6.07) is 8.00. The fourth-order valence-corrected chi connectivity index (χ4v) is 3.91. The lowest BCUT2D eigenvalue weighted by Gasteiger charge is -2.34. The van der Waals surface area contributed by atoms with E-state index in [-0.39, 0.29) is 11.9 Å². The van der Waals surface area contributed by atoms with Gasteiger partial charge in [-0.2, -0.15) is 5.10 Å². The second-order valence-electron chi connectivity index (χ2n) is 7.30. The van der Waals surface area contributed by atoms with Crippen LogP contribution in [0.3, 0.4) is 0 Å². The summed E-state index contributed by atoms with van der Waals surface area (Å²) in [5, 5.41) is 14.6. The van der Waals surface area contributed by atoms with Crippen molar-refractivity contribution in [1.82, 2.24) is 30.6 Å². The third-order valence-corrected chi connectivity index (χ3v) is 5.55. The maximum Gasteiger partial charge on any atom is 0.272 e. The largest absolute Gasteiger partial charge is 0.348 e. The van der Waals surface area contributed by atoms with Gasteiger partial charge in [-0.25, -0.2) is 0 Å². The number of amides is 1. The Hall–Kier alpha value is -1.96. The van der Waals surface area contributed by atoms with Gasteiger partial charge in [0.15, 0.2) is 5.69 Å². The molecule has 0 aliphatic carbocycles. The minimum Gasteiger partial charge on any atom is -0.348 e. The molecule has 1 amide bonds. The fourth-order valence-electron chi connectivity index (χ4n) is 3.91. The summed E-state index contributed by atoms with van der Waals surface area (Å²) >= 11 is 0. The van der Waals surface area contributed by atoms with Crippen LogP contribution in [-0.2, 0) is 0 Å². The number of para-hydroxylation sites is 1. The van der Waals surface area contributed by atoms with Gasteiger partial charge in [-0.15, -0.1) is 0 Å². The van der Waals surface area contributed by atoms with E-state index in [9.17, 15) is 4.79 Å². The van der Waals surface area contributed by atoms with Crippen LogP contribution >= 0.6 is 0 Å². The molecule has 0 saturated carbocycles. The average molecular weight is 356 g/mol. The zero-order chi connectivity index (χ0) is 17.8. The SMILES string of the molecule is O=C(NC1CCN(CCN2CCNCC2)CC1)c1n[nH]c2ccccc12. The number of nitrogens with zero attached hydrogens (tertiary/aromatic N) is 3. The summed E-state index contributed by atoms with van der Waals surface area (Å²) in [6.07, 6.45) is 2.02. The maximum absolute atomic E-state index is 12.6. The van der Waals surface area contributed by atoms with Gasteiger partial charge in [-0.3, -0.25) is 14.8 Å². The molecule has 0 radical (unpaired) electrons. The van der Waals surface area contributed by atoms with Crippen molar-refractivity contribution in [2.24, 2.45) is 0 Å². The number of hydrogen-bond acceptors (Lipinski definition) is 5. The van der Waals surface area contributed by atoms with Crippen LogP contribution in [0, 0.1) is 0 Å². The van der Waals surface area contributed by atoms with E-state index >= 15 is 0 Å². The Morgan fingerprint density at radius 2 is 1.77 bits per heavy atom. The molecule has 3 N–H and O–H groups in total. The van der Waals surface area contributed by atoms with Crippen molar-refractivity contribution >= 4 is 16.8 Å². The Bertz CT molecular complexity index is 730. The van der Waals surface area contributed by atoms with Crippen LogP contribution in [0.2, 0.25) is 0 Å². The van der Waals surface area contributed by atoms with Gasteiger partial charge in [0.05, 0.1) is 5.52 Å². The number of piperazine rings is 1. The first kappa shape index (κ1) is 17.5. The highest BCUT2D eigenvalue weighted by Gasteiger charge is 2.23. The zero-order valence-corrected chi connectivity index (χ0v) is 15.2. The van der Waals surface area contributed by atoms with E-state index in [2.05, 4.69) is 30.6 Å². The molecule has 0 bridgehead atoms. The molecule has 7 heteroatoms. The lowest BCUT2D eigenvalue weighted by molar-refractivity contribution is 0.0902. The molecular formula is C19H28N6O. The fraction of sp³-hybridized carbons (Fsp3) is 0.579. The van der Waals surface area contributed by atoms with Gasteiger partial charge in [0, 0.05) is 63.8 Å². The van der Waals surface area contributed by atoms with Gasteiger partial charge in [-0.05, 0) is 18.9 Å². The molecule has 0 unspecified atom stereocenters. The van der Waals surface area contributed by atoms with Crippen molar-refractivity contribution in [2.75, 3.05) is 52.4 Å². The predicted molar refractivity (Wildman–Crippen MR) is 102 cm³/mol. The Labute approximate surface area is 154 Å². The number of carbonyl (C=O) groups is 1. The van der Waals surface area contributed by atoms with Crippen molar-refractivity contribution in [2.45, 2.75) is 18.9 Å². The standard InChI is InChI=1S/C19H28N6O/c26-19(18-16-3-1-2-4-17(16)22-23-18)21-15-5-9-24(10-6-15)13-14-25-11-7-20-8-12-25/h1-4,15,20H,5-14H2,(H,21,26)(H,22,23). The third-order valence-electron chi connectivity index (χ3n) is 5.55. The van der Waals surface area contributed by atoms with Gasteiger partial charge in [0.2, 0.25) is 0 Å². The number of carbonyl (C=O) groups excluding carboxylic acids is 1. The lowest BCUT2D eigenvalue weighted by Crippen LogP contribution is -2.49. The molecule has 3 heterocycles. The average Bonchev–Trinajstić information content (AvgIpc) is 3.12. The van der Waals surface area contributed by atoms with E-state index in [1.165, 1.54) is 0 Å². The van der Waals surface area contributed by atoms with Crippen molar-refractivity contribution in [1.29, 1.82) is 0 Å². The predicted octanol–water partition coefficient (Wildman–Crippen LogP) is 0.662. The molecule has 4 rings (SSSR count). The van der Waals surface area contributed by atoms with E-state index in [1.807, 2.05) is 24.3 Å². The number of rotatable bonds is 5. The molecule has 2 aromatic rings. The lowest BCUT2D eigenvalue weighted by atomic mass is 10.0. The number of aromatic nitrogens is 2. The van der Waals surface area contributed by atoms with Crippen LogP contribution in [0.5, 0.6) is 0 Å². The number of benzene rings is 1. The highest BCUT2D eigenvalue weighted by atomic mass is 16.2. The minimum atomic E-state index is -0.0679. The number of likely N-dealkylation sites (tertiary alicyclic amines) is 1. The summed E-state index contributed by atoms with van der Waals surface area (Å²) in [4.78, 5) is 17.6. The third kappa shape index (κ3) is 4.06. The number of hydrogen-bond donors (Lipinski definition) is 3. The first-order valence-electron chi connectivity index (χ1n) is 9.69. The van der Waals surface area contributed by atoms with Gasteiger partial charge < -0.3 is 15.5 Å². The molecule has 2 saturated heterocycles. The van der Waals surface area contributed by atoms with Crippen LogP contribution in [0.25, 0.3) is 10.9 Å². The van der Waals surface area contributed by atoms with Crippen molar-refractivity contribution in [3.63, 3.8) is 0 Å². The van der Waals surface area contributed by atoms with Crippen LogP contribution in [0.4, 0.5) is 0 Å². The van der Waals surface area contributed by atoms with Gasteiger partial charge >= 0.3 is 0 Å². The molecule has 26 heavy (non-hydrogen) atoms. The van der Waals surface area contributed by atoms with Crippen LogP contribution in [0.15, 0.2) is 24.3 Å². The Kier molecular flexibility index (Phi) is 5.48. The summed E-state index contributed by atoms with van der Waals surface area (Å²) in [6.45, 7) is 8.92. The van der Waals surface area contributed by atoms with Gasteiger partial charge in [0.1, 0.15) is 0 Å². The van der Waals surface area contributed by atoms with Gasteiger partial charge in [0.25, 0.3) is 5.91 Å². The summed E-state index contributed by atoms with van der Waals surface area (Å²) < 4.78 is 0. The molecule has 1 aromatic carbocycles. The Morgan fingerprint density at radius 1 is 1.08 bits per heavy atom. The monoisotopic (exact) mass is 356 g/mol. The van der Waals surface area contributed by atoms with E-state index in [0.29, 0.717) is 5.69 Å². The Balaban J connectivity index is 1.24. The molecular weight excluding hydrogens is 328 g/mol. The molecule has 7 nitrogen and oxygen atoms in total. The normalized spacial score (nSPS) is 20.5. The number of H-pyrrole nitrogens is 1. The van der Waals surface area contributed by atoms with E-state index in [1.54, 1.807) is 0 Å². The summed E-state index contributed by atoms with van der Waals surface area (Å²) in [5.41, 5.74) is 1.40. The van der Waals surface area contributed by atoms with Gasteiger partial charge in [-0.1, -0.05) is 18.2 Å². The van der Waals surface area contributed by atoms with Crippen LogP contribution in [0.1, 0.15) is 23.3 Å². The zero-order valence-electron chi connectivity index (χ0n) is 15.2. The minimum absolute atomic E-state index is 0.0679. The number of piperidine rings is 1. The number of fused-ring (bicyclic) bond motifs is 1.